The van der Waals surface area contributed by atoms with E-state index >= 15 is 0 Å². The third-order valence-corrected chi connectivity index (χ3v) is 6.72. The third kappa shape index (κ3) is 11.5. The van der Waals surface area contributed by atoms with Gasteiger partial charge in [0.05, 0.1) is 17.3 Å². The number of anilines is 2. The average molecular weight is 670 g/mol. The van der Waals surface area contributed by atoms with E-state index in [1.165, 1.54) is 0 Å². The van der Waals surface area contributed by atoms with Crippen LogP contribution in [0.2, 0.25) is 0 Å². The predicted molar refractivity (Wildman–Crippen MR) is 180 cm³/mol. The number of pyridine rings is 4. The molecule has 6 aromatic rings. The highest BCUT2D eigenvalue weighted by Crippen LogP contribution is 2.25. The number of hydrogen-bond donors (Lipinski definition) is 2. The molecule has 0 saturated carbocycles. The number of nitrogens with zero attached hydrogens (tertiary/aromatic N) is 9. The molecule has 0 aliphatic heterocycles. The molecule has 0 spiro atoms. The predicted octanol–water partition coefficient (Wildman–Crippen LogP) is 5.37. The summed E-state index contributed by atoms with van der Waals surface area (Å²) in [5, 5.41) is 21.9. The number of nitrogens with two attached hydrogens (primary N) is 2. The van der Waals surface area contributed by atoms with Gasteiger partial charge in [0.25, 0.3) is 0 Å². The van der Waals surface area contributed by atoms with Crippen molar-refractivity contribution in [2.45, 2.75) is 59.8 Å². The van der Waals surface area contributed by atoms with E-state index in [1.54, 1.807) is 13.0 Å². The van der Waals surface area contributed by atoms with Gasteiger partial charge in [-0.15, -0.1) is 11.6 Å². The number of Topliss-reactive ketones (excluding diaryl/α,β-unsaturated/α-hetero) is 1. The number of nitrogen functional groups attached to an aromatic ring is 2. The van der Waals surface area contributed by atoms with Crippen molar-refractivity contribution in [3.63, 3.8) is 0 Å². The highest BCUT2D eigenvalue weighted by molar-refractivity contribution is 6.16. The van der Waals surface area contributed by atoms with Gasteiger partial charge in [-0.25, -0.2) is 14.2 Å². The molecule has 0 bridgehead atoms. The van der Waals surface area contributed by atoms with Crippen LogP contribution in [0.1, 0.15) is 64.5 Å². The lowest BCUT2D eigenvalue weighted by Crippen LogP contribution is -2.04. The highest BCUT2D eigenvalue weighted by Gasteiger charge is 2.15. The monoisotopic (exact) mass is 669 g/mol. The van der Waals surface area contributed by atoms with Crippen molar-refractivity contribution in [1.29, 1.82) is 5.26 Å². The summed E-state index contributed by atoms with van der Waals surface area (Å²) in [7, 11) is 0. The van der Waals surface area contributed by atoms with Crippen LogP contribution in [0.5, 0.6) is 0 Å². The molecule has 48 heavy (non-hydrogen) atoms. The zero-order chi connectivity index (χ0) is 35.1. The van der Waals surface area contributed by atoms with Crippen molar-refractivity contribution in [2.75, 3.05) is 11.5 Å². The lowest BCUT2D eigenvalue weighted by molar-refractivity contribution is -0.117. The van der Waals surface area contributed by atoms with Gasteiger partial charge >= 0.3 is 0 Å². The maximum absolute atomic E-state index is 10.7. The van der Waals surface area contributed by atoms with E-state index in [4.69, 9.17) is 28.3 Å². The first kappa shape index (κ1) is 36.7. The van der Waals surface area contributed by atoms with Crippen molar-refractivity contribution in [3.05, 3.63) is 106 Å². The zero-order valence-electron chi connectivity index (χ0n) is 27.3. The van der Waals surface area contributed by atoms with E-state index in [0.717, 1.165) is 51.8 Å². The SMILES string of the molecule is CC(=O)CCc1cccc(C)n1.Cc1cccc(CCl)n1.Cc1cccc(Cc2c(C)nc3nonc3c2N)n1.N#Cc1nonc1N. The van der Waals surface area contributed by atoms with Gasteiger partial charge in [-0.3, -0.25) is 15.0 Å². The van der Waals surface area contributed by atoms with E-state index < -0.39 is 0 Å². The van der Waals surface area contributed by atoms with Gasteiger partial charge in [0.2, 0.25) is 17.2 Å². The number of alkyl halides is 1. The highest BCUT2D eigenvalue weighted by atomic mass is 35.5. The number of hydrogen-bond acceptors (Lipinski definition) is 14. The molecular formula is C33H36ClN11O3. The molecule has 0 saturated heterocycles. The van der Waals surface area contributed by atoms with Gasteiger partial charge in [0, 0.05) is 52.6 Å². The smallest absolute Gasteiger partial charge is 0.228 e. The summed E-state index contributed by atoms with van der Waals surface area (Å²) in [6.07, 6.45) is 1.97. The Morgan fingerprint density at radius 1 is 0.792 bits per heavy atom. The number of halogens is 1. The van der Waals surface area contributed by atoms with Gasteiger partial charge < -0.3 is 16.3 Å². The first-order valence-electron chi connectivity index (χ1n) is 14.7. The van der Waals surface area contributed by atoms with Gasteiger partial charge in [0.15, 0.2) is 5.52 Å². The molecule has 0 atom stereocenters. The molecule has 0 fully saturated rings. The molecule has 6 aromatic heterocycles. The van der Waals surface area contributed by atoms with Crippen LogP contribution in [-0.4, -0.2) is 46.3 Å². The van der Waals surface area contributed by atoms with Crippen LogP contribution in [0, 0.1) is 39.0 Å². The molecule has 248 valence electrons. The molecule has 0 aliphatic carbocycles. The Kier molecular flexibility index (Phi) is 14.0. The van der Waals surface area contributed by atoms with Gasteiger partial charge in [-0.1, -0.05) is 18.2 Å². The van der Waals surface area contributed by atoms with Crippen molar-refractivity contribution in [3.8, 4) is 6.07 Å². The number of fused-ring (bicyclic) bond motifs is 1. The van der Waals surface area contributed by atoms with Crippen molar-refractivity contribution in [1.82, 2.24) is 40.6 Å². The Labute approximate surface area is 282 Å². The molecule has 0 amide bonds. The molecule has 14 nitrogen and oxygen atoms in total. The number of aromatic nitrogens is 8. The van der Waals surface area contributed by atoms with E-state index in [2.05, 4.69) is 49.8 Å². The summed E-state index contributed by atoms with van der Waals surface area (Å²) >= 11 is 5.54. The second-order valence-electron chi connectivity index (χ2n) is 10.5. The number of nitriles is 1. The summed E-state index contributed by atoms with van der Waals surface area (Å²) < 4.78 is 8.76. The minimum atomic E-state index is 0.0324. The van der Waals surface area contributed by atoms with E-state index in [1.807, 2.05) is 82.3 Å². The second-order valence-corrected chi connectivity index (χ2v) is 10.7. The Hall–Kier alpha value is -5.81. The zero-order valence-corrected chi connectivity index (χ0v) is 28.1. The number of ketones is 1. The second kappa shape index (κ2) is 18.4. The normalized spacial score (nSPS) is 10.0. The number of aryl methyl sites for hydroxylation is 5. The molecule has 6 rings (SSSR count). The first-order chi connectivity index (χ1) is 23.0. The summed E-state index contributed by atoms with van der Waals surface area (Å²) in [6.45, 7) is 9.38. The Morgan fingerprint density at radius 3 is 1.85 bits per heavy atom. The van der Waals surface area contributed by atoms with E-state index in [0.29, 0.717) is 35.6 Å². The van der Waals surface area contributed by atoms with Crippen molar-refractivity contribution in [2.24, 2.45) is 0 Å². The van der Waals surface area contributed by atoms with Crippen LogP contribution in [-0.2, 0) is 23.5 Å². The van der Waals surface area contributed by atoms with Crippen LogP contribution in [0.4, 0.5) is 11.5 Å². The minimum absolute atomic E-state index is 0.0324. The van der Waals surface area contributed by atoms with Crippen LogP contribution in [0.3, 0.4) is 0 Å². The molecule has 0 unspecified atom stereocenters. The maximum atomic E-state index is 10.7. The standard InChI is InChI=1S/C13H13N5O.C10H13NO.C7H8ClN.C3H2N4O/c1-7-4-3-5-9(15-7)6-10-8(2)16-13-12(11(10)14)17-19-18-13;1-8-4-3-5-10(11-8)7-6-9(2)12;1-6-3-2-4-7(5-8)9-6;4-1-2-3(5)7-8-6-2/h3-5H,6,14H2,1-2H3;3-5H,6-7H2,1-2H3;2-4H,5H2,1H3;(H2,5,7). The Bertz CT molecular complexity index is 1990. The summed E-state index contributed by atoms with van der Waals surface area (Å²) in [5.41, 5.74) is 20.4. The fraction of sp³-hybridized carbons (Fsp3) is 0.273. The summed E-state index contributed by atoms with van der Waals surface area (Å²) in [4.78, 5) is 27.9. The quantitative estimate of drug-likeness (QED) is 0.213. The van der Waals surface area contributed by atoms with E-state index in [9.17, 15) is 4.79 Å². The lowest BCUT2D eigenvalue weighted by atomic mass is 10.1. The third-order valence-electron chi connectivity index (χ3n) is 6.45. The summed E-state index contributed by atoms with van der Waals surface area (Å²) in [6, 6.07) is 19.3. The summed E-state index contributed by atoms with van der Waals surface area (Å²) in [5.74, 6) is 0.757. The lowest BCUT2D eigenvalue weighted by Gasteiger charge is -2.08. The average Bonchev–Trinajstić information content (AvgIpc) is 3.71. The topological polar surface area (TPSA) is 222 Å². The maximum Gasteiger partial charge on any atom is 0.228 e. The largest absolute Gasteiger partial charge is 0.396 e. The molecule has 0 aliphatic rings. The van der Waals surface area contributed by atoms with Gasteiger partial charge in [0.1, 0.15) is 11.9 Å². The number of rotatable bonds is 6. The molecule has 0 aromatic carbocycles. The molecular weight excluding hydrogens is 634 g/mol. The minimum Gasteiger partial charge on any atom is -0.396 e. The Morgan fingerprint density at radius 2 is 1.35 bits per heavy atom. The van der Waals surface area contributed by atoms with Crippen LogP contribution in [0.25, 0.3) is 11.2 Å². The number of carbonyl (C=O) groups is 1. The van der Waals surface area contributed by atoms with Gasteiger partial charge in [-0.2, -0.15) is 5.26 Å². The van der Waals surface area contributed by atoms with Crippen LogP contribution < -0.4 is 11.5 Å². The molecule has 15 heteroatoms. The van der Waals surface area contributed by atoms with Gasteiger partial charge in [-0.05, 0) is 98.1 Å². The molecule has 4 N–H and O–H groups in total. The fourth-order valence-electron chi connectivity index (χ4n) is 4.08. The van der Waals surface area contributed by atoms with Crippen molar-refractivity contribution < 1.29 is 14.1 Å². The first-order valence-corrected chi connectivity index (χ1v) is 15.2. The molecule has 6 heterocycles. The molecule has 0 radical (unpaired) electrons. The fourth-order valence-corrected chi connectivity index (χ4v) is 4.23. The van der Waals surface area contributed by atoms with Crippen LogP contribution in [0.15, 0.2) is 63.9 Å². The van der Waals surface area contributed by atoms with Crippen molar-refractivity contribution >= 4 is 40.1 Å². The Balaban J connectivity index is 0.000000186. The van der Waals surface area contributed by atoms with E-state index in [-0.39, 0.29) is 17.3 Å². The number of carbonyl (C=O) groups excluding carboxylic acids is 1. The van der Waals surface area contributed by atoms with Crippen LogP contribution >= 0.6 is 11.6 Å².